The predicted octanol–water partition coefficient (Wildman–Crippen LogP) is 8.78. The topological polar surface area (TPSA) is 26.3 Å². The van der Waals surface area contributed by atoms with Crippen LogP contribution < -0.4 is 0 Å². The largest absolute Gasteiger partial charge is 0.462 e. The average Bonchev–Trinajstić information content (AvgIpc) is 2.68. The second kappa shape index (κ2) is 20.9. The first-order valence-electron chi connectivity index (χ1n) is 12.4. The fourth-order valence-electron chi connectivity index (χ4n) is 3.73. The molecular weight excluding hydrogens is 344 g/mol. The highest BCUT2D eigenvalue weighted by Crippen LogP contribution is 2.17. The first-order valence-corrected chi connectivity index (χ1v) is 12.4. The summed E-state index contributed by atoms with van der Waals surface area (Å²) in [6, 6.07) is 0. The maximum atomic E-state index is 11.3. The van der Waals surface area contributed by atoms with Crippen molar-refractivity contribution in [3.8, 4) is 0 Å². The lowest BCUT2D eigenvalue weighted by Gasteiger charge is -2.11. The van der Waals surface area contributed by atoms with Crippen LogP contribution in [-0.4, -0.2) is 12.6 Å². The molecule has 0 amide bonds. The van der Waals surface area contributed by atoms with Gasteiger partial charge in [-0.2, -0.15) is 0 Å². The molecule has 0 saturated carbocycles. The molecule has 0 rings (SSSR count). The van der Waals surface area contributed by atoms with Crippen LogP contribution in [0.2, 0.25) is 0 Å². The van der Waals surface area contributed by atoms with Crippen LogP contribution in [0.25, 0.3) is 0 Å². The van der Waals surface area contributed by atoms with E-state index in [2.05, 4.69) is 20.4 Å². The van der Waals surface area contributed by atoms with Gasteiger partial charge in [0.15, 0.2) is 0 Å². The molecule has 166 valence electrons. The van der Waals surface area contributed by atoms with Gasteiger partial charge in [0.25, 0.3) is 0 Å². The SMILES string of the molecule is C=C(C)C(=O)OCCCC(C)CCCCCCCCCCCCCCCCC. The lowest BCUT2D eigenvalue weighted by Crippen LogP contribution is -2.07. The molecule has 0 aromatic carbocycles. The van der Waals surface area contributed by atoms with Crippen LogP contribution >= 0.6 is 0 Å². The molecule has 1 unspecified atom stereocenters. The van der Waals surface area contributed by atoms with Crippen molar-refractivity contribution in [2.75, 3.05) is 6.61 Å². The molecule has 0 fully saturated rings. The van der Waals surface area contributed by atoms with Gasteiger partial charge < -0.3 is 4.74 Å². The number of carbonyl (C=O) groups is 1. The summed E-state index contributed by atoms with van der Waals surface area (Å²) < 4.78 is 5.15. The molecule has 0 aliphatic heterocycles. The van der Waals surface area contributed by atoms with Crippen LogP contribution in [0.15, 0.2) is 12.2 Å². The monoisotopic (exact) mass is 394 g/mol. The summed E-state index contributed by atoms with van der Waals surface area (Å²) in [6.07, 6.45) is 24.8. The third-order valence-electron chi connectivity index (χ3n) is 5.72. The van der Waals surface area contributed by atoms with E-state index in [4.69, 9.17) is 4.74 Å². The van der Waals surface area contributed by atoms with Gasteiger partial charge in [-0.15, -0.1) is 0 Å². The highest BCUT2D eigenvalue weighted by atomic mass is 16.5. The fraction of sp³-hybridized carbons (Fsp3) is 0.885. The molecule has 0 saturated heterocycles. The van der Waals surface area contributed by atoms with Crippen LogP contribution in [-0.2, 0) is 9.53 Å². The van der Waals surface area contributed by atoms with E-state index in [9.17, 15) is 4.79 Å². The Bertz CT molecular complexity index is 361. The Labute approximate surface area is 176 Å². The van der Waals surface area contributed by atoms with Crippen LogP contribution in [0, 0.1) is 5.92 Å². The van der Waals surface area contributed by atoms with Gasteiger partial charge in [0.1, 0.15) is 0 Å². The fourth-order valence-corrected chi connectivity index (χ4v) is 3.73. The molecule has 0 radical (unpaired) electrons. The van der Waals surface area contributed by atoms with Crippen molar-refractivity contribution in [3.05, 3.63) is 12.2 Å². The van der Waals surface area contributed by atoms with E-state index in [0.29, 0.717) is 12.2 Å². The molecule has 0 aromatic rings. The molecule has 0 aliphatic carbocycles. The van der Waals surface area contributed by atoms with Crippen LogP contribution in [0.3, 0.4) is 0 Å². The van der Waals surface area contributed by atoms with Crippen molar-refractivity contribution in [1.29, 1.82) is 0 Å². The number of hydrogen-bond donors (Lipinski definition) is 0. The first-order chi connectivity index (χ1) is 13.6. The Morgan fingerprint density at radius 2 is 1.11 bits per heavy atom. The van der Waals surface area contributed by atoms with E-state index in [1.54, 1.807) is 6.92 Å². The van der Waals surface area contributed by atoms with Gasteiger partial charge in [0, 0.05) is 5.57 Å². The van der Waals surface area contributed by atoms with E-state index in [1.807, 2.05) is 0 Å². The summed E-state index contributed by atoms with van der Waals surface area (Å²) in [5.41, 5.74) is 0.492. The minimum absolute atomic E-state index is 0.255. The molecule has 0 aromatic heterocycles. The molecular formula is C26H50O2. The van der Waals surface area contributed by atoms with Gasteiger partial charge in [0.2, 0.25) is 0 Å². The predicted molar refractivity (Wildman–Crippen MR) is 124 cm³/mol. The summed E-state index contributed by atoms with van der Waals surface area (Å²) in [5.74, 6) is 0.487. The zero-order valence-corrected chi connectivity index (χ0v) is 19.5. The Balaban J connectivity index is 3.20. The molecule has 0 heterocycles. The number of rotatable bonds is 21. The molecule has 0 N–H and O–H groups in total. The third kappa shape index (κ3) is 20.0. The standard InChI is InChI=1S/C26H50O2/c1-5-6-7-8-9-10-11-12-13-14-15-16-17-18-19-21-25(4)22-20-23-28-26(27)24(2)3/h25H,2,5-23H2,1,3-4H3. The number of hydrogen-bond acceptors (Lipinski definition) is 2. The molecule has 2 heteroatoms. The van der Waals surface area contributed by atoms with Crippen molar-refractivity contribution in [3.63, 3.8) is 0 Å². The van der Waals surface area contributed by atoms with E-state index in [-0.39, 0.29) is 5.97 Å². The lowest BCUT2D eigenvalue weighted by molar-refractivity contribution is -0.139. The smallest absolute Gasteiger partial charge is 0.333 e. The molecule has 28 heavy (non-hydrogen) atoms. The summed E-state index contributed by atoms with van der Waals surface area (Å²) in [7, 11) is 0. The quantitative estimate of drug-likeness (QED) is 0.110. The van der Waals surface area contributed by atoms with Gasteiger partial charge in [-0.25, -0.2) is 4.79 Å². The van der Waals surface area contributed by atoms with Crippen LogP contribution in [0.5, 0.6) is 0 Å². The lowest BCUT2D eigenvalue weighted by atomic mass is 9.97. The highest BCUT2D eigenvalue weighted by molar-refractivity contribution is 5.86. The van der Waals surface area contributed by atoms with E-state index in [0.717, 1.165) is 18.8 Å². The van der Waals surface area contributed by atoms with Gasteiger partial charge in [-0.1, -0.05) is 123 Å². The Hall–Kier alpha value is -0.790. The van der Waals surface area contributed by atoms with Crippen molar-refractivity contribution in [2.24, 2.45) is 5.92 Å². The van der Waals surface area contributed by atoms with Crippen molar-refractivity contribution in [2.45, 2.75) is 136 Å². The maximum Gasteiger partial charge on any atom is 0.333 e. The second-order valence-electron chi connectivity index (χ2n) is 8.90. The zero-order valence-electron chi connectivity index (χ0n) is 19.5. The Morgan fingerprint density at radius 1 is 0.714 bits per heavy atom. The summed E-state index contributed by atoms with van der Waals surface area (Å²) >= 11 is 0. The van der Waals surface area contributed by atoms with Gasteiger partial charge in [-0.3, -0.25) is 0 Å². The van der Waals surface area contributed by atoms with Crippen molar-refractivity contribution >= 4 is 5.97 Å². The van der Waals surface area contributed by atoms with Gasteiger partial charge in [-0.05, 0) is 25.7 Å². The third-order valence-corrected chi connectivity index (χ3v) is 5.72. The minimum Gasteiger partial charge on any atom is -0.462 e. The van der Waals surface area contributed by atoms with Crippen LogP contribution in [0.1, 0.15) is 136 Å². The number of carbonyl (C=O) groups excluding carboxylic acids is 1. The molecule has 0 spiro atoms. The number of unbranched alkanes of at least 4 members (excludes halogenated alkanes) is 14. The summed E-state index contributed by atoms with van der Waals surface area (Å²) in [6.45, 7) is 10.4. The normalized spacial score (nSPS) is 12.1. The van der Waals surface area contributed by atoms with Crippen molar-refractivity contribution in [1.82, 2.24) is 0 Å². The first kappa shape index (κ1) is 27.2. The minimum atomic E-state index is -0.255. The van der Waals surface area contributed by atoms with E-state index in [1.165, 1.54) is 103 Å². The van der Waals surface area contributed by atoms with Crippen molar-refractivity contribution < 1.29 is 9.53 Å². The molecule has 1 atom stereocenters. The summed E-state index contributed by atoms with van der Waals surface area (Å²) in [5, 5.41) is 0. The second-order valence-corrected chi connectivity index (χ2v) is 8.90. The molecule has 2 nitrogen and oxygen atoms in total. The maximum absolute atomic E-state index is 11.3. The van der Waals surface area contributed by atoms with E-state index >= 15 is 0 Å². The highest BCUT2D eigenvalue weighted by Gasteiger charge is 2.05. The number of ether oxygens (including phenoxy) is 1. The number of esters is 1. The van der Waals surface area contributed by atoms with Gasteiger partial charge in [0.05, 0.1) is 6.61 Å². The summed E-state index contributed by atoms with van der Waals surface area (Å²) in [4.78, 5) is 11.3. The Morgan fingerprint density at radius 3 is 1.54 bits per heavy atom. The molecule has 0 aliphatic rings. The van der Waals surface area contributed by atoms with Gasteiger partial charge >= 0.3 is 5.97 Å². The zero-order chi connectivity index (χ0) is 20.9. The molecule has 0 bridgehead atoms. The van der Waals surface area contributed by atoms with Crippen LogP contribution in [0.4, 0.5) is 0 Å². The Kier molecular flexibility index (Phi) is 20.3. The average molecular weight is 395 g/mol. The van der Waals surface area contributed by atoms with E-state index < -0.39 is 0 Å².